The van der Waals surface area contributed by atoms with Crippen LogP contribution in [0.2, 0.25) is 0 Å². The second-order valence-electron chi connectivity index (χ2n) is 6.42. The Labute approximate surface area is 189 Å². The highest BCUT2D eigenvalue weighted by atomic mass is 127. The number of alkyl halides is 3. The number of ether oxygens (including phenoxy) is 1. The number of guanidine groups is 1. The van der Waals surface area contributed by atoms with E-state index >= 15 is 0 Å². The molecule has 0 spiro atoms. The van der Waals surface area contributed by atoms with Gasteiger partial charge in [-0.25, -0.2) is 9.97 Å². The fourth-order valence-electron chi connectivity index (χ4n) is 2.93. The van der Waals surface area contributed by atoms with E-state index in [1.807, 2.05) is 13.2 Å². The minimum Gasteiger partial charge on any atom is -0.370 e. The van der Waals surface area contributed by atoms with Gasteiger partial charge in [-0.05, 0) is 6.07 Å². The van der Waals surface area contributed by atoms with Gasteiger partial charge in [0.1, 0.15) is 11.8 Å². The molecule has 3 heterocycles. The highest BCUT2D eigenvalue weighted by Crippen LogP contribution is 2.27. The average molecular weight is 540 g/mol. The van der Waals surface area contributed by atoms with E-state index in [2.05, 4.69) is 35.6 Å². The molecule has 13 heteroatoms. The highest BCUT2D eigenvalue weighted by Gasteiger charge is 2.32. The van der Waals surface area contributed by atoms with Gasteiger partial charge in [-0.2, -0.15) is 18.3 Å². The van der Waals surface area contributed by atoms with E-state index in [1.54, 1.807) is 17.9 Å². The summed E-state index contributed by atoms with van der Waals surface area (Å²) in [7, 11) is 3.53. The lowest BCUT2D eigenvalue weighted by Crippen LogP contribution is -2.49. The Bertz CT molecular complexity index is 844. The van der Waals surface area contributed by atoms with Gasteiger partial charge in [0.15, 0.2) is 5.96 Å². The maximum Gasteiger partial charge on any atom is 0.433 e. The summed E-state index contributed by atoms with van der Waals surface area (Å²) in [4.78, 5) is 13.6. The molecule has 0 radical (unpaired) electrons. The summed E-state index contributed by atoms with van der Waals surface area (Å²) in [5.74, 6) is 0.619. The number of nitrogens with one attached hydrogen (secondary N) is 2. The van der Waals surface area contributed by atoms with Crippen LogP contribution in [0.3, 0.4) is 0 Å². The normalized spacial score (nSPS) is 17.4. The quantitative estimate of drug-likeness (QED) is 0.259. The Morgan fingerprint density at radius 3 is 2.83 bits per heavy atom. The predicted octanol–water partition coefficient (Wildman–Crippen LogP) is 1.91. The Kier molecular flexibility index (Phi) is 8.64. The number of aryl methyl sites for hydroxylation is 1. The minimum absolute atomic E-state index is 0. The summed E-state index contributed by atoms with van der Waals surface area (Å²) in [6.07, 6.45) is 0.178. The first kappa shape index (κ1) is 24.1. The van der Waals surface area contributed by atoms with Gasteiger partial charge in [0.05, 0.1) is 19.3 Å². The Morgan fingerprint density at radius 1 is 1.37 bits per heavy atom. The third-order valence-corrected chi connectivity index (χ3v) is 4.31. The second-order valence-corrected chi connectivity index (χ2v) is 6.42. The van der Waals surface area contributed by atoms with Crippen molar-refractivity contribution in [2.24, 2.45) is 12.0 Å². The number of nitrogens with zero attached hydrogens (tertiary/aromatic N) is 6. The summed E-state index contributed by atoms with van der Waals surface area (Å²) in [6, 6.07) is 0.836. The van der Waals surface area contributed by atoms with E-state index in [4.69, 9.17) is 4.74 Å². The van der Waals surface area contributed by atoms with Gasteiger partial charge in [0.2, 0.25) is 5.95 Å². The van der Waals surface area contributed by atoms with Crippen LogP contribution in [0.25, 0.3) is 0 Å². The van der Waals surface area contributed by atoms with E-state index in [-0.39, 0.29) is 36.0 Å². The second kappa shape index (κ2) is 10.7. The Balaban J connectivity index is 0.00000320. The van der Waals surface area contributed by atoms with Crippen molar-refractivity contribution < 1.29 is 17.9 Å². The highest BCUT2D eigenvalue weighted by molar-refractivity contribution is 14.0. The molecule has 0 amide bonds. The number of morpholine rings is 1. The number of aromatic nitrogens is 4. The van der Waals surface area contributed by atoms with Crippen molar-refractivity contribution in [3.8, 4) is 0 Å². The molecule has 1 saturated heterocycles. The first-order chi connectivity index (χ1) is 13.9. The molecule has 166 valence electrons. The van der Waals surface area contributed by atoms with E-state index in [0.717, 1.165) is 17.8 Å². The van der Waals surface area contributed by atoms with Gasteiger partial charge in [-0.15, -0.1) is 24.0 Å². The molecular weight excluding hydrogens is 516 g/mol. The van der Waals surface area contributed by atoms with E-state index in [0.29, 0.717) is 38.7 Å². The van der Waals surface area contributed by atoms with Crippen molar-refractivity contribution >= 4 is 35.9 Å². The SMILES string of the molecule is CN=C(NCCNc1nccc(C(F)(F)F)n1)N1CCOC(c2cnn(C)c2)C1.I. The molecule has 0 aliphatic carbocycles. The Hall–Kier alpha value is -2.16. The summed E-state index contributed by atoms with van der Waals surface area (Å²) in [5, 5.41) is 10.1. The number of hydrogen-bond acceptors (Lipinski definition) is 6. The molecule has 2 N–H and O–H groups in total. The monoisotopic (exact) mass is 540 g/mol. The summed E-state index contributed by atoms with van der Waals surface area (Å²) < 4.78 is 45.7. The lowest BCUT2D eigenvalue weighted by molar-refractivity contribution is -0.141. The van der Waals surface area contributed by atoms with Gasteiger partial charge in [0, 0.05) is 51.7 Å². The lowest BCUT2D eigenvalue weighted by atomic mass is 10.1. The van der Waals surface area contributed by atoms with Crippen LogP contribution in [0.1, 0.15) is 17.4 Å². The van der Waals surface area contributed by atoms with Crippen LogP contribution in [0.4, 0.5) is 19.1 Å². The van der Waals surface area contributed by atoms with Crippen LogP contribution in [0, 0.1) is 0 Å². The molecule has 2 aromatic heterocycles. The predicted molar refractivity (Wildman–Crippen MR) is 116 cm³/mol. The van der Waals surface area contributed by atoms with Crippen molar-refractivity contribution in [1.29, 1.82) is 0 Å². The first-order valence-electron chi connectivity index (χ1n) is 9.06. The van der Waals surface area contributed by atoms with E-state index in [1.165, 1.54) is 0 Å². The zero-order valence-electron chi connectivity index (χ0n) is 16.6. The first-order valence-corrected chi connectivity index (χ1v) is 9.06. The number of rotatable bonds is 5. The molecule has 9 nitrogen and oxygen atoms in total. The van der Waals surface area contributed by atoms with Crippen molar-refractivity contribution in [2.45, 2.75) is 12.3 Å². The summed E-state index contributed by atoms with van der Waals surface area (Å²) >= 11 is 0. The molecule has 3 rings (SSSR count). The van der Waals surface area contributed by atoms with Crippen LogP contribution in [0.15, 0.2) is 29.6 Å². The van der Waals surface area contributed by atoms with Crippen molar-refractivity contribution in [1.82, 2.24) is 30.0 Å². The van der Waals surface area contributed by atoms with Gasteiger partial charge >= 0.3 is 6.18 Å². The summed E-state index contributed by atoms with van der Waals surface area (Å²) in [6.45, 7) is 2.62. The van der Waals surface area contributed by atoms with Crippen molar-refractivity contribution in [3.63, 3.8) is 0 Å². The van der Waals surface area contributed by atoms with Crippen LogP contribution in [-0.4, -0.2) is 70.4 Å². The molecule has 1 fully saturated rings. The number of halogens is 4. The fourth-order valence-corrected chi connectivity index (χ4v) is 2.93. The maximum absolute atomic E-state index is 12.7. The lowest BCUT2D eigenvalue weighted by Gasteiger charge is -2.34. The fraction of sp³-hybridized carbons (Fsp3) is 0.529. The van der Waals surface area contributed by atoms with Crippen LogP contribution < -0.4 is 10.6 Å². The summed E-state index contributed by atoms with van der Waals surface area (Å²) in [5.41, 5.74) is 0.0181. The average Bonchev–Trinajstić information content (AvgIpc) is 3.14. The van der Waals surface area contributed by atoms with E-state index in [9.17, 15) is 13.2 Å². The topological polar surface area (TPSA) is 92.5 Å². The van der Waals surface area contributed by atoms with Crippen LogP contribution >= 0.6 is 24.0 Å². The Morgan fingerprint density at radius 2 is 2.17 bits per heavy atom. The van der Waals surface area contributed by atoms with Crippen molar-refractivity contribution in [2.75, 3.05) is 45.2 Å². The molecule has 30 heavy (non-hydrogen) atoms. The zero-order valence-corrected chi connectivity index (χ0v) is 18.9. The van der Waals surface area contributed by atoms with Crippen LogP contribution in [0.5, 0.6) is 0 Å². The van der Waals surface area contributed by atoms with Crippen molar-refractivity contribution in [3.05, 3.63) is 35.9 Å². The smallest absolute Gasteiger partial charge is 0.370 e. The molecule has 0 aromatic carbocycles. The minimum atomic E-state index is -4.50. The molecule has 1 aliphatic heterocycles. The molecular formula is C17H24F3IN8O. The third-order valence-electron chi connectivity index (χ3n) is 4.31. The van der Waals surface area contributed by atoms with E-state index < -0.39 is 11.9 Å². The van der Waals surface area contributed by atoms with Gasteiger partial charge in [-0.1, -0.05) is 0 Å². The molecule has 1 atom stereocenters. The number of anilines is 1. The van der Waals surface area contributed by atoms with Gasteiger partial charge in [-0.3, -0.25) is 9.67 Å². The van der Waals surface area contributed by atoms with Crippen LogP contribution in [-0.2, 0) is 18.0 Å². The molecule has 2 aromatic rings. The number of hydrogen-bond donors (Lipinski definition) is 2. The van der Waals surface area contributed by atoms with Gasteiger partial charge < -0.3 is 20.3 Å². The van der Waals surface area contributed by atoms with Gasteiger partial charge in [0.25, 0.3) is 0 Å². The largest absolute Gasteiger partial charge is 0.433 e. The molecule has 0 saturated carbocycles. The molecule has 1 unspecified atom stereocenters. The zero-order chi connectivity index (χ0) is 20.9. The molecule has 0 bridgehead atoms. The number of aliphatic imine (C=N–C) groups is 1. The standard InChI is InChI=1S/C17H23F3N8O.HI/c1-21-16(28-7-8-29-13(11-28)12-9-25-27(2)10-12)24-6-5-23-15-22-4-3-14(26-15)17(18,19)20;/h3-4,9-10,13H,5-8,11H2,1-2H3,(H,21,24)(H,22,23,26);1H. The molecule has 1 aliphatic rings. The maximum atomic E-state index is 12.7. The third kappa shape index (κ3) is 6.42.